The molecule has 2 nitrogen and oxygen atoms in total. The Bertz CT molecular complexity index is 418. The number of anilines is 1. The smallest absolute Gasteiger partial charge is 0.123 e. The van der Waals surface area contributed by atoms with E-state index in [4.69, 9.17) is 0 Å². The van der Waals surface area contributed by atoms with Crippen molar-refractivity contribution in [2.75, 3.05) is 31.5 Å². The number of rotatable bonds is 4. The van der Waals surface area contributed by atoms with Gasteiger partial charge in [0.1, 0.15) is 5.82 Å². The minimum Gasteiger partial charge on any atom is -0.384 e. The lowest BCUT2D eigenvalue weighted by Gasteiger charge is -2.41. The van der Waals surface area contributed by atoms with Gasteiger partial charge in [-0.1, -0.05) is 19.3 Å². The quantitative estimate of drug-likeness (QED) is 0.901. The van der Waals surface area contributed by atoms with E-state index in [0.29, 0.717) is 0 Å². The summed E-state index contributed by atoms with van der Waals surface area (Å²) in [7, 11) is 0. The topological polar surface area (TPSA) is 15.3 Å². The maximum atomic E-state index is 12.8. The molecule has 3 rings (SSSR count). The van der Waals surface area contributed by atoms with Crippen LogP contribution in [0.2, 0.25) is 0 Å². The Balaban J connectivity index is 1.41. The van der Waals surface area contributed by atoms with Crippen LogP contribution in [0.25, 0.3) is 0 Å². The average molecular weight is 276 g/mol. The monoisotopic (exact) mass is 276 g/mol. The van der Waals surface area contributed by atoms with E-state index in [2.05, 4.69) is 10.2 Å². The second-order valence-electron chi connectivity index (χ2n) is 6.33. The minimum absolute atomic E-state index is 0.171. The standard InChI is InChI=1S/C17H25FN2/c18-16-5-7-17(8-6-16)19-10-12-20-11-9-14-3-1-2-4-15(14)13-20/h5-8,14-15,19H,1-4,9-13H2. The summed E-state index contributed by atoms with van der Waals surface area (Å²) in [5.74, 6) is 1.78. The maximum absolute atomic E-state index is 12.8. The summed E-state index contributed by atoms with van der Waals surface area (Å²) in [5.41, 5.74) is 1.01. The maximum Gasteiger partial charge on any atom is 0.123 e. The molecule has 1 saturated carbocycles. The molecule has 0 radical (unpaired) electrons. The van der Waals surface area contributed by atoms with Crippen molar-refractivity contribution >= 4 is 5.69 Å². The first-order valence-electron chi connectivity index (χ1n) is 8.03. The number of hydrogen-bond donors (Lipinski definition) is 1. The molecule has 2 unspecified atom stereocenters. The van der Waals surface area contributed by atoms with Gasteiger partial charge < -0.3 is 10.2 Å². The Morgan fingerprint density at radius 3 is 2.60 bits per heavy atom. The molecule has 1 aliphatic carbocycles. The SMILES string of the molecule is Fc1ccc(NCCN2CCC3CCCCC3C2)cc1. The minimum atomic E-state index is -0.171. The summed E-state index contributed by atoms with van der Waals surface area (Å²) >= 11 is 0. The van der Waals surface area contributed by atoms with Gasteiger partial charge in [-0.05, 0) is 55.5 Å². The Hall–Kier alpha value is -1.09. The lowest BCUT2D eigenvalue weighted by molar-refractivity contribution is 0.0898. The number of halogens is 1. The summed E-state index contributed by atoms with van der Waals surface area (Å²) in [4.78, 5) is 2.60. The van der Waals surface area contributed by atoms with Crippen molar-refractivity contribution in [3.8, 4) is 0 Å². The fourth-order valence-corrected chi connectivity index (χ4v) is 3.81. The molecule has 2 atom stereocenters. The number of nitrogens with one attached hydrogen (secondary N) is 1. The van der Waals surface area contributed by atoms with Gasteiger partial charge >= 0.3 is 0 Å². The van der Waals surface area contributed by atoms with Crippen molar-refractivity contribution in [3.63, 3.8) is 0 Å². The molecular formula is C17H25FN2. The number of benzene rings is 1. The van der Waals surface area contributed by atoms with Crippen LogP contribution in [-0.4, -0.2) is 31.1 Å². The van der Waals surface area contributed by atoms with Gasteiger partial charge in [-0.3, -0.25) is 0 Å². The third-order valence-corrected chi connectivity index (χ3v) is 4.98. The molecule has 1 aliphatic heterocycles. The van der Waals surface area contributed by atoms with Gasteiger partial charge in [-0.15, -0.1) is 0 Å². The lowest BCUT2D eigenvalue weighted by Crippen LogP contribution is -2.43. The van der Waals surface area contributed by atoms with Crippen LogP contribution in [0.15, 0.2) is 24.3 Å². The van der Waals surface area contributed by atoms with Crippen LogP contribution >= 0.6 is 0 Å². The van der Waals surface area contributed by atoms with E-state index in [1.807, 2.05) is 12.1 Å². The number of likely N-dealkylation sites (tertiary alicyclic amines) is 1. The summed E-state index contributed by atoms with van der Waals surface area (Å²) in [5, 5.41) is 3.38. The highest BCUT2D eigenvalue weighted by atomic mass is 19.1. The number of fused-ring (bicyclic) bond motifs is 1. The molecule has 110 valence electrons. The molecule has 1 heterocycles. The molecule has 0 spiro atoms. The fourth-order valence-electron chi connectivity index (χ4n) is 3.81. The molecule has 1 N–H and O–H groups in total. The number of nitrogens with zero attached hydrogens (tertiary/aromatic N) is 1. The highest BCUT2D eigenvalue weighted by molar-refractivity contribution is 5.42. The summed E-state index contributed by atoms with van der Waals surface area (Å²) in [6.45, 7) is 4.59. The zero-order valence-corrected chi connectivity index (χ0v) is 12.2. The van der Waals surface area contributed by atoms with Crippen molar-refractivity contribution in [2.24, 2.45) is 11.8 Å². The third-order valence-electron chi connectivity index (χ3n) is 4.98. The molecule has 20 heavy (non-hydrogen) atoms. The molecule has 1 aromatic rings. The van der Waals surface area contributed by atoms with Crippen molar-refractivity contribution < 1.29 is 4.39 Å². The summed E-state index contributed by atoms with van der Waals surface area (Å²) in [6, 6.07) is 6.64. The molecule has 3 heteroatoms. The zero-order valence-electron chi connectivity index (χ0n) is 12.2. The van der Waals surface area contributed by atoms with Crippen LogP contribution in [0.3, 0.4) is 0 Å². The van der Waals surface area contributed by atoms with Crippen molar-refractivity contribution in [3.05, 3.63) is 30.1 Å². The Morgan fingerprint density at radius 2 is 1.80 bits per heavy atom. The molecule has 1 aromatic carbocycles. The zero-order chi connectivity index (χ0) is 13.8. The van der Waals surface area contributed by atoms with E-state index in [-0.39, 0.29) is 5.82 Å². The van der Waals surface area contributed by atoms with Gasteiger partial charge in [0.2, 0.25) is 0 Å². The van der Waals surface area contributed by atoms with Gasteiger partial charge in [0.15, 0.2) is 0 Å². The molecule has 1 saturated heterocycles. The predicted octanol–water partition coefficient (Wildman–Crippen LogP) is 3.75. The molecule has 0 aromatic heterocycles. The Labute approximate surface area is 121 Å². The normalized spacial score (nSPS) is 27.1. The number of hydrogen-bond acceptors (Lipinski definition) is 2. The Kier molecular flexibility index (Phi) is 4.56. The van der Waals surface area contributed by atoms with Crippen LogP contribution in [0.1, 0.15) is 32.1 Å². The van der Waals surface area contributed by atoms with Crippen molar-refractivity contribution in [2.45, 2.75) is 32.1 Å². The van der Waals surface area contributed by atoms with Gasteiger partial charge in [0.25, 0.3) is 0 Å². The second-order valence-corrected chi connectivity index (χ2v) is 6.33. The van der Waals surface area contributed by atoms with Gasteiger partial charge in [-0.25, -0.2) is 4.39 Å². The van der Waals surface area contributed by atoms with Crippen LogP contribution in [0.4, 0.5) is 10.1 Å². The van der Waals surface area contributed by atoms with Crippen LogP contribution < -0.4 is 5.32 Å². The van der Waals surface area contributed by atoms with Crippen molar-refractivity contribution in [1.82, 2.24) is 4.90 Å². The van der Waals surface area contributed by atoms with Gasteiger partial charge in [0, 0.05) is 25.3 Å². The number of piperidine rings is 1. The molecule has 0 amide bonds. The third kappa shape index (κ3) is 3.51. The fraction of sp³-hybridized carbons (Fsp3) is 0.647. The highest BCUT2D eigenvalue weighted by Gasteiger charge is 2.30. The lowest BCUT2D eigenvalue weighted by atomic mass is 9.75. The van der Waals surface area contributed by atoms with E-state index >= 15 is 0 Å². The van der Waals surface area contributed by atoms with Gasteiger partial charge in [0.05, 0.1) is 0 Å². The molecule has 2 fully saturated rings. The summed E-state index contributed by atoms with van der Waals surface area (Å²) < 4.78 is 12.8. The Morgan fingerprint density at radius 1 is 1.05 bits per heavy atom. The van der Waals surface area contributed by atoms with E-state index < -0.39 is 0 Å². The first-order valence-corrected chi connectivity index (χ1v) is 8.03. The van der Waals surface area contributed by atoms with Gasteiger partial charge in [-0.2, -0.15) is 0 Å². The average Bonchev–Trinajstić information content (AvgIpc) is 2.49. The second kappa shape index (κ2) is 6.57. The molecule has 2 aliphatic rings. The van der Waals surface area contributed by atoms with Crippen LogP contribution in [-0.2, 0) is 0 Å². The van der Waals surface area contributed by atoms with E-state index in [1.54, 1.807) is 0 Å². The molecular weight excluding hydrogens is 251 g/mol. The van der Waals surface area contributed by atoms with Crippen LogP contribution in [0.5, 0.6) is 0 Å². The first kappa shape index (κ1) is 13.9. The molecule has 0 bridgehead atoms. The van der Waals surface area contributed by atoms with E-state index in [0.717, 1.165) is 30.6 Å². The van der Waals surface area contributed by atoms with E-state index in [9.17, 15) is 4.39 Å². The van der Waals surface area contributed by atoms with E-state index in [1.165, 1.54) is 57.3 Å². The van der Waals surface area contributed by atoms with Crippen LogP contribution in [0, 0.1) is 17.7 Å². The largest absolute Gasteiger partial charge is 0.384 e. The van der Waals surface area contributed by atoms with Crippen molar-refractivity contribution in [1.29, 1.82) is 0 Å². The summed E-state index contributed by atoms with van der Waals surface area (Å²) in [6.07, 6.45) is 7.18. The predicted molar refractivity (Wildman–Crippen MR) is 81.4 cm³/mol. The first-order chi connectivity index (χ1) is 9.81. The highest BCUT2D eigenvalue weighted by Crippen LogP contribution is 2.35.